The summed E-state index contributed by atoms with van der Waals surface area (Å²) in [7, 11) is 0. The Balaban J connectivity index is 0.00000300. The van der Waals surface area contributed by atoms with Gasteiger partial charge in [0.15, 0.2) is 5.69 Å². The normalized spacial score (nSPS) is 16.2. The molecule has 1 atom stereocenters. The number of aromatic nitrogens is 2. The molecule has 1 fully saturated rings. The number of nitrogens with zero attached hydrogens (tertiary/aromatic N) is 3. The fraction of sp³-hybridized carbons (Fsp3) is 0.476. The van der Waals surface area contributed by atoms with Crippen molar-refractivity contribution in [2.24, 2.45) is 0 Å². The lowest BCUT2D eigenvalue weighted by Crippen LogP contribution is -2.34. The van der Waals surface area contributed by atoms with Crippen molar-refractivity contribution in [2.45, 2.75) is 52.2 Å². The van der Waals surface area contributed by atoms with Crippen molar-refractivity contribution in [3.63, 3.8) is 0 Å². The average molecular weight is 420 g/mol. The summed E-state index contributed by atoms with van der Waals surface area (Å²) >= 11 is 0. The molecule has 0 radical (unpaired) electrons. The zero-order chi connectivity index (χ0) is 20.1. The van der Waals surface area contributed by atoms with Gasteiger partial charge >= 0.3 is 0 Å². The number of carbonyl (C=O) groups excluding carboxylic acids is 2. The van der Waals surface area contributed by atoms with Gasteiger partial charge in [0.05, 0.1) is 6.04 Å². The highest BCUT2D eigenvalue weighted by Gasteiger charge is 2.18. The van der Waals surface area contributed by atoms with Crippen LogP contribution in [0, 0.1) is 0 Å². The van der Waals surface area contributed by atoms with Gasteiger partial charge in [-0.2, -0.15) is 5.10 Å². The van der Waals surface area contributed by atoms with Gasteiger partial charge in [-0.3, -0.25) is 14.3 Å². The third-order valence-electron chi connectivity index (χ3n) is 5.08. The van der Waals surface area contributed by atoms with Gasteiger partial charge in [0.2, 0.25) is 5.91 Å². The molecule has 2 heterocycles. The molecule has 2 amide bonds. The minimum atomic E-state index is -0.220. The molecule has 2 aromatic rings. The molecule has 1 aliphatic heterocycles. The number of rotatable bonds is 6. The summed E-state index contributed by atoms with van der Waals surface area (Å²) in [5, 5.41) is 10.7. The molecule has 0 aliphatic carbocycles. The molecule has 1 aliphatic rings. The number of amides is 2. The molecule has 0 saturated carbocycles. The first-order valence-corrected chi connectivity index (χ1v) is 9.87. The monoisotopic (exact) mass is 419 g/mol. The topological polar surface area (TPSA) is 79.3 Å². The Hall–Kier alpha value is -2.38. The van der Waals surface area contributed by atoms with Crippen molar-refractivity contribution in [3.8, 4) is 0 Å². The highest BCUT2D eigenvalue weighted by atomic mass is 35.5. The second-order valence-corrected chi connectivity index (χ2v) is 7.57. The first-order chi connectivity index (χ1) is 13.4. The molecular formula is C21H30ClN5O2. The SMILES string of the molecule is CC(=O)N(Cc1ccc(NC(=O)c2ccn(C3CCCNC3)n2)cc1)C(C)C.Cl. The molecule has 8 heteroatoms. The third-order valence-corrected chi connectivity index (χ3v) is 5.08. The van der Waals surface area contributed by atoms with E-state index in [1.807, 2.05) is 49.0 Å². The smallest absolute Gasteiger partial charge is 0.276 e. The first kappa shape index (κ1) is 22.9. The largest absolute Gasteiger partial charge is 0.336 e. The van der Waals surface area contributed by atoms with Crippen LogP contribution in [0.25, 0.3) is 0 Å². The fourth-order valence-corrected chi connectivity index (χ4v) is 3.46. The van der Waals surface area contributed by atoms with E-state index in [9.17, 15) is 9.59 Å². The van der Waals surface area contributed by atoms with E-state index in [2.05, 4.69) is 15.7 Å². The van der Waals surface area contributed by atoms with E-state index in [4.69, 9.17) is 0 Å². The minimum Gasteiger partial charge on any atom is -0.336 e. The maximum absolute atomic E-state index is 12.5. The first-order valence-electron chi connectivity index (χ1n) is 9.87. The molecule has 1 aromatic heterocycles. The van der Waals surface area contributed by atoms with E-state index in [1.165, 1.54) is 0 Å². The lowest BCUT2D eigenvalue weighted by Gasteiger charge is -2.25. The van der Waals surface area contributed by atoms with Gasteiger partial charge in [-0.05, 0) is 57.0 Å². The lowest BCUT2D eigenvalue weighted by molar-refractivity contribution is -0.131. The molecule has 1 unspecified atom stereocenters. The van der Waals surface area contributed by atoms with Gasteiger partial charge < -0.3 is 15.5 Å². The Morgan fingerprint density at radius 3 is 2.59 bits per heavy atom. The second-order valence-electron chi connectivity index (χ2n) is 7.57. The molecule has 0 bridgehead atoms. The summed E-state index contributed by atoms with van der Waals surface area (Å²) < 4.78 is 1.88. The van der Waals surface area contributed by atoms with E-state index in [1.54, 1.807) is 17.9 Å². The quantitative estimate of drug-likeness (QED) is 0.753. The van der Waals surface area contributed by atoms with Gasteiger partial charge in [0, 0.05) is 37.9 Å². The molecule has 29 heavy (non-hydrogen) atoms. The van der Waals surface area contributed by atoms with Gasteiger partial charge in [-0.25, -0.2) is 0 Å². The number of halogens is 1. The summed E-state index contributed by atoms with van der Waals surface area (Å²) in [6.45, 7) is 8.06. The zero-order valence-corrected chi connectivity index (χ0v) is 18.0. The van der Waals surface area contributed by atoms with Crippen molar-refractivity contribution in [2.75, 3.05) is 18.4 Å². The van der Waals surface area contributed by atoms with Crippen molar-refractivity contribution in [1.82, 2.24) is 20.0 Å². The number of nitrogens with one attached hydrogen (secondary N) is 2. The Morgan fingerprint density at radius 2 is 2.00 bits per heavy atom. The number of carbonyl (C=O) groups is 2. The van der Waals surface area contributed by atoms with Crippen molar-refractivity contribution < 1.29 is 9.59 Å². The Bertz CT molecular complexity index is 813. The molecule has 3 rings (SSSR count). The van der Waals surface area contributed by atoms with Crippen molar-refractivity contribution in [1.29, 1.82) is 0 Å². The van der Waals surface area contributed by atoms with Crippen LogP contribution in [0.1, 0.15) is 55.7 Å². The standard InChI is InChI=1S/C21H29N5O2.ClH/c1-15(2)25(16(3)27)14-17-6-8-18(9-7-17)23-21(28)20-10-12-26(24-20)19-5-4-11-22-13-19;/h6-10,12,15,19,22H,4-5,11,13-14H2,1-3H3,(H,23,28);1H. The van der Waals surface area contributed by atoms with E-state index >= 15 is 0 Å². The molecule has 0 spiro atoms. The van der Waals surface area contributed by atoms with Crippen LogP contribution in [-0.4, -0.2) is 45.6 Å². The van der Waals surface area contributed by atoms with E-state index in [0.717, 1.165) is 31.5 Å². The predicted molar refractivity (Wildman–Crippen MR) is 116 cm³/mol. The highest BCUT2D eigenvalue weighted by Crippen LogP contribution is 2.17. The van der Waals surface area contributed by atoms with Crippen molar-refractivity contribution >= 4 is 29.9 Å². The number of hydrogen-bond donors (Lipinski definition) is 2. The van der Waals surface area contributed by atoms with Crippen molar-refractivity contribution in [3.05, 3.63) is 47.8 Å². The molecule has 7 nitrogen and oxygen atoms in total. The maximum Gasteiger partial charge on any atom is 0.276 e. The van der Waals surface area contributed by atoms with Gasteiger partial charge in [0.1, 0.15) is 0 Å². The summed E-state index contributed by atoms with van der Waals surface area (Å²) in [4.78, 5) is 26.0. The van der Waals surface area contributed by atoms with Crippen LogP contribution >= 0.6 is 12.4 Å². The lowest BCUT2D eigenvalue weighted by atomic mass is 10.1. The third kappa shape index (κ3) is 6.05. The number of benzene rings is 1. The fourth-order valence-electron chi connectivity index (χ4n) is 3.46. The van der Waals surface area contributed by atoms with Crippen LogP contribution < -0.4 is 10.6 Å². The molecule has 158 valence electrons. The number of anilines is 1. The number of piperidine rings is 1. The Kier molecular flexibility index (Phi) is 8.22. The minimum absolute atomic E-state index is 0. The summed E-state index contributed by atoms with van der Waals surface area (Å²) in [6, 6.07) is 9.78. The summed E-state index contributed by atoms with van der Waals surface area (Å²) in [6.07, 6.45) is 4.07. The van der Waals surface area contributed by atoms with Gasteiger partial charge in [-0.1, -0.05) is 12.1 Å². The second kappa shape index (κ2) is 10.4. The van der Waals surface area contributed by atoms with Crippen LogP contribution in [0.2, 0.25) is 0 Å². The van der Waals surface area contributed by atoms with Crippen LogP contribution in [0.15, 0.2) is 36.5 Å². The molecule has 2 N–H and O–H groups in total. The van der Waals surface area contributed by atoms with Crippen LogP contribution in [0.3, 0.4) is 0 Å². The van der Waals surface area contributed by atoms with Crippen LogP contribution in [0.4, 0.5) is 5.69 Å². The van der Waals surface area contributed by atoms with Crippen LogP contribution in [0.5, 0.6) is 0 Å². The van der Waals surface area contributed by atoms with Gasteiger partial charge in [0.25, 0.3) is 5.91 Å². The Labute approximate surface area is 178 Å². The van der Waals surface area contributed by atoms with E-state index < -0.39 is 0 Å². The van der Waals surface area contributed by atoms with E-state index in [0.29, 0.717) is 24.0 Å². The average Bonchev–Trinajstić information content (AvgIpc) is 3.18. The van der Waals surface area contributed by atoms with Gasteiger partial charge in [-0.15, -0.1) is 12.4 Å². The Morgan fingerprint density at radius 1 is 1.28 bits per heavy atom. The van der Waals surface area contributed by atoms with Crippen LogP contribution in [-0.2, 0) is 11.3 Å². The zero-order valence-electron chi connectivity index (χ0n) is 17.2. The molecule has 1 aromatic carbocycles. The number of hydrogen-bond acceptors (Lipinski definition) is 4. The predicted octanol–water partition coefficient (Wildman–Crippen LogP) is 3.24. The molecular weight excluding hydrogens is 390 g/mol. The molecule has 1 saturated heterocycles. The summed E-state index contributed by atoms with van der Waals surface area (Å²) in [5.41, 5.74) is 2.15. The highest BCUT2D eigenvalue weighted by molar-refractivity contribution is 6.02. The van der Waals surface area contributed by atoms with E-state index in [-0.39, 0.29) is 30.3 Å². The summed E-state index contributed by atoms with van der Waals surface area (Å²) in [5.74, 6) is -0.168. The maximum atomic E-state index is 12.5.